The molecule has 0 atom stereocenters. The van der Waals surface area contributed by atoms with Gasteiger partial charge in [-0.2, -0.15) is 5.10 Å². The van der Waals surface area contributed by atoms with Crippen LogP contribution in [0, 0.1) is 6.92 Å². The summed E-state index contributed by atoms with van der Waals surface area (Å²) in [7, 11) is 1.66. The Balaban J connectivity index is 1.62. The van der Waals surface area contributed by atoms with Gasteiger partial charge in [-0.1, -0.05) is 81.2 Å². The Morgan fingerprint density at radius 2 is 1.81 bits per heavy atom. The summed E-state index contributed by atoms with van der Waals surface area (Å²) in [5.74, 6) is 0.791. The number of ether oxygens (including phenoxy) is 1. The first-order valence-corrected chi connectivity index (χ1v) is 13.8. The highest BCUT2D eigenvalue weighted by Gasteiger charge is 2.32. The summed E-state index contributed by atoms with van der Waals surface area (Å²) in [6, 6.07) is 16.0. The number of thiocarbonyl (C=S) groups is 1. The Labute approximate surface area is 223 Å². The number of carbonyl (C=O) groups is 1. The van der Waals surface area contributed by atoms with Crippen molar-refractivity contribution in [3.63, 3.8) is 0 Å². The summed E-state index contributed by atoms with van der Waals surface area (Å²) in [5, 5.41) is 4.92. The Morgan fingerprint density at radius 3 is 2.53 bits per heavy atom. The smallest absolute Gasteiger partial charge is 0.266 e. The van der Waals surface area contributed by atoms with Crippen molar-refractivity contribution in [2.75, 3.05) is 13.7 Å². The molecule has 0 bridgehead atoms. The summed E-state index contributed by atoms with van der Waals surface area (Å²) >= 11 is 6.96. The number of rotatable bonds is 11. The van der Waals surface area contributed by atoms with Crippen LogP contribution in [0.3, 0.4) is 0 Å². The molecule has 4 rings (SSSR count). The highest BCUT2D eigenvalue weighted by molar-refractivity contribution is 8.26. The van der Waals surface area contributed by atoms with Gasteiger partial charge in [0.15, 0.2) is 0 Å². The van der Waals surface area contributed by atoms with Gasteiger partial charge in [-0.3, -0.25) is 9.69 Å². The van der Waals surface area contributed by atoms with E-state index in [-0.39, 0.29) is 5.91 Å². The predicted octanol–water partition coefficient (Wildman–Crippen LogP) is 7.42. The molecule has 2 heterocycles. The Bertz CT molecular complexity index is 1250. The van der Waals surface area contributed by atoms with E-state index in [0.717, 1.165) is 46.7 Å². The summed E-state index contributed by atoms with van der Waals surface area (Å²) in [4.78, 5) is 15.7. The van der Waals surface area contributed by atoms with Gasteiger partial charge >= 0.3 is 0 Å². The first kappa shape index (κ1) is 26.2. The minimum atomic E-state index is -0.0107. The van der Waals surface area contributed by atoms with Gasteiger partial charge in [0.1, 0.15) is 15.8 Å². The number of thioether (sulfide) groups is 1. The molecule has 0 aliphatic carbocycles. The highest BCUT2D eigenvalue weighted by atomic mass is 32.2. The van der Waals surface area contributed by atoms with Crippen LogP contribution in [-0.2, 0) is 4.79 Å². The number of hydrogen-bond donors (Lipinski definition) is 0. The number of carbonyl (C=O) groups excluding carboxylic acids is 1. The molecule has 0 spiro atoms. The van der Waals surface area contributed by atoms with E-state index >= 15 is 0 Å². The molecule has 36 heavy (non-hydrogen) atoms. The van der Waals surface area contributed by atoms with E-state index in [1.54, 1.807) is 12.0 Å². The van der Waals surface area contributed by atoms with Crippen molar-refractivity contribution in [3.05, 3.63) is 70.8 Å². The zero-order valence-electron chi connectivity index (χ0n) is 21.2. The van der Waals surface area contributed by atoms with Crippen molar-refractivity contribution < 1.29 is 9.53 Å². The second-order valence-corrected chi connectivity index (χ2v) is 10.7. The number of amides is 1. The van der Waals surface area contributed by atoms with Gasteiger partial charge in [0.2, 0.25) is 0 Å². The number of nitrogens with zero attached hydrogens (tertiary/aromatic N) is 3. The van der Waals surface area contributed by atoms with Crippen LogP contribution in [0.4, 0.5) is 0 Å². The van der Waals surface area contributed by atoms with Crippen LogP contribution in [0.15, 0.2) is 59.6 Å². The molecule has 3 aromatic rings. The quantitative estimate of drug-likeness (QED) is 0.150. The molecule has 0 saturated carbocycles. The average molecular weight is 520 g/mol. The number of aromatic nitrogens is 2. The van der Waals surface area contributed by atoms with Crippen molar-refractivity contribution in [3.8, 4) is 22.7 Å². The summed E-state index contributed by atoms with van der Waals surface area (Å²) in [5.41, 5.74) is 4.71. The molecule has 1 fully saturated rings. The largest absolute Gasteiger partial charge is 0.497 e. The van der Waals surface area contributed by atoms with Gasteiger partial charge in [0, 0.05) is 23.9 Å². The van der Waals surface area contributed by atoms with Gasteiger partial charge in [-0.05, 0) is 55.3 Å². The number of unbranched alkanes of at least 4 members (excludes halogenated alkanes) is 5. The van der Waals surface area contributed by atoms with Crippen LogP contribution < -0.4 is 4.74 Å². The third kappa shape index (κ3) is 6.08. The lowest BCUT2D eigenvalue weighted by molar-refractivity contribution is -0.122. The fourth-order valence-corrected chi connectivity index (χ4v) is 5.63. The van der Waals surface area contributed by atoms with E-state index in [1.165, 1.54) is 37.4 Å². The standard InChI is InChI=1S/C29H33N3O2S2/c1-4-5-6-7-8-12-17-31-28(33)26(36-29(31)35)19-22-20-32(23-13-10-9-11-14-23)30-27(22)25-16-15-24(34-3)18-21(25)2/h9-11,13-16,18-20H,4-8,12,17H2,1-3H3. The summed E-state index contributed by atoms with van der Waals surface area (Å²) < 4.78 is 7.89. The maximum atomic E-state index is 13.3. The number of para-hydroxylation sites is 1. The average Bonchev–Trinajstić information content (AvgIpc) is 3.42. The zero-order chi connectivity index (χ0) is 25.5. The zero-order valence-corrected chi connectivity index (χ0v) is 22.8. The fraction of sp³-hybridized carbons (Fsp3) is 0.345. The molecule has 1 aromatic heterocycles. The van der Waals surface area contributed by atoms with Gasteiger partial charge in [-0.25, -0.2) is 4.68 Å². The van der Waals surface area contributed by atoms with E-state index in [4.69, 9.17) is 22.1 Å². The number of methoxy groups -OCH3 is 1. The number of hydrogen-bond acceptors (Lipinski definition) is 5. The molecule has 5 nitrogen and oxygen atoms in total. The van der Waals surface area contributed by atoms with E-state index < -0.39 is 0 Å². The molecule has 7 heteroatoms. The monoisotopic (exact) mass is 519 g/mol. The topological polar surface area (TPSA) is 47.4 Å². The minimum absolute atomic E-state index is 0.0107. The normalized spacial score (nSPS) is 14.8. The van der Waals surface area contributed by atoms with Crippen molar-refractivity contribution in [2.45, 2.75) is 52.4 Å². The van der Waals surface area contributed by atoms with Crippen molar-refractivity contribution in [1.82, 2.24) is 14.7 Å². The second kappa shape index (κ2) is 12.4. The molecule has 1 saturated heterocycles. The Morgan fingerprint density at radius 1 is 1.06 bits per heavy atom. The lowest BCUT2D eigenvalue weighted by atomic mass is 10.0. The first-order valence-electron chi connectivity index (χ1n) is 12.6. The van der Waals surface area contributed by atoms with E-state index in [2.05, 4.69) is 6.92 Å². The molecule has 0 radical (unpaired) electrons. The third-order valence-corrected chi connectivity index (χ3v) is 7.73. The SMILES string of the molecule is CCCCCCCCN1C(=O)C(=Cc2cn(-c3ccccc3)nc2-c2ccc(OC)cc2C)SC1=S. The van der Waals surface area contributed by atoms with Gasteiger partial charge in [-0.15, -0.1) is 0 Å². The molecule has 2 aromatic carbocycles. The lowest BCUT2D eigenvalue weighted by Crippen LogP contribution is -2.29. The molecular weight excluding hydrogens is 486 g/mol. The van der Waals surface area contributed by atoms with Crippen LogP contribution in [0.25, 0.3) is 23.0 Å². The molecule has 1 aliphatic heterocycles. The minimum Gasteiger partial charge on any atom is -0.497 e. The third-order valence-electron chi connectivity index (χ3n) is 6.35. The van der Waals surface area contributed by atoms with Crippen LogP contribution in [0.5, 0.6) is 5.75 Å². The van der Waals surface area contributed by atoms with Gasteiger partial charge < -0.3 is 4.74 Å². The van der Waals surface area contributed by atoms with Gasteiger partial charge in [0.05, 0.1) is 17.7 Å². The number of aryl methyl sites for hydroxylation is 1. The van der Waals surface area contributed by atoms with Crippen LogP contribution in [0.2, 0.25) is 0 Å². The Hall–Kier alpha value is -2.90. The number of benzene rings is 2. The summed E-state index contributed by atoms with van der Waals surface area (Å²) in [6.07, 6.45) is 11.0. The van der Waals surface area contributed by atoms with Gasteiger partial charge in [0.25, 0.3) is 5.91 Å². The van der Waals surface area contributed by atoms with Crippen LogP contribution in [-0.4, -0.2) is 38.6 Å². The summed E-state index contributed by atoms with van der Waals surface area (Å²) in [6.45, 7) is 4.95. The molecule has 1 amide bonds. The predicted molar refractivity (Wildman–Crippen MR) is 154 cm³/mol. The molecule has 188 valence electrons. The first-order chi connectivity index (χ1) is 17.5. The molecular formula is C29H33N3O2S2. The lowest BCUT2D eigenvalue weighted by Gasteiger charge is -2.14. The van der Waals surface area contributed by atoms with Crippen molar-refractivity contribution >= 4 is 40.3 Å². The maximum absolute atomic E-state index is 13.3. The molecule has 0 unspecified atom stereocenters. The van der Waals surface area contributed by atoms with Crippen LogP contribution in [0.1, 0.15) is 56.6 Å². The Kier molecular flexibility index (Phi) is 8.99. The maximum Gasteiger partial charge on any atom is 0.266 e. The highest BCUT2D eigenvalue weighted by Crippen LogP contribution is 2.36. The second-order valence-electron chi connectivity index (χ2n) is 9.00. The van der Waals surface area contributed by atoms with Crippen molar-refractivity contribution in [2.24, 2.45) is 0 Å². The van der Waals surface area contributed by atoms with E-state index in [9.17, 15) is 4.79 Å². The van der Waals surface area contributed by atoms with Crippen LogP contribution >= 0.6 is 24.0 Å². The van der Waals surface area contributed by atoms with Crippen molar-refractivity contribution in [1.29, 1.82) is 0 Å². The van der Waals surface area contributed by atoms with E-state index in [0.29, 0.717) is 15.8 Å². The molecule has 1 aliphatic rings. The fourth-order valence-electron chi connectivity index (χ4n) is 4.33. The molecule has 0 N–H and O–H groups in total. The van der Waals surface area contributed by atoms with E-state index in [1.807, 2.05) is 72.4 Å².